The minimum Gasteiger partial charge on any atom is -0.495 e. The van der Waals surface area contributed by atoms with Crippen LogP contribution in [0.25, 0.3) is 0 Å². The van der Waals surface area contributed by atoms with Gasteiger partial charge in [0.25, 0.3) is 10.0 Å². The Kier molecular flexibility index (Phi) is 6.00. The first kappa shape index (κ1) is 23.1. The molecule has 3 aromatic carbocycles. The molecule has 0 saturated heterocycles. The van der Waals surface area contributed by atoms with Crippen LogP contribution in [0, 0.1) is 12.8 Å². The quantitative estimate of drug-likeness (QED) is 0.362. The van der Waals surface area contributed by atoms with E-state index in [0.29, 0.717) is 21.5 Å². The number of hydrogen-bond donors (Lipinski definition) is 2. The standard InChI is InChI=1S/C26H24Cl2N2O3S/c1-15-6-11-25(33-2)24(12-15)30-34(31,32)17-8-10-23-20(14-17)18-4-3-5-19(18)26(29-23)16-7-9-21(27)22(28)13-16/h3-4,6-14,18-19,26,29-30H,5H2,1-2H3/t18-,19+,26+/m0/s1. The van der Waals surface area contributed by atoms with Crippen molar-refractivity contribution in [3.8, 4) is 5.75 Å². The van der Waals surface area contributed by atoms with Gasteiger partial charge < -0.3 is 10.1 Å². The lowest BCUT2D eigenvalue weighted by molar-refractivity contribution is 0.417. The minimum absolute atomic E-state index is 0.0411. The van der Waals surface area contributed by atoms with Crippen LogP contribution in [0.2, 0.25) is 10.0 Å². The summed E-state index contributed by atoms with van der Waals surface area (Å²) in [5, 5.41) is 4.65. The van der Waals surface area contributed by atoms with Crippen LogP contribution in [0.3, 0.4) is 0 Å². The highest BCUT2D eigenvalue weighted by Gasteiger charge is 2.38. The van der Waals surface area contributed by atoms with E-state index >= 15 is 0 Å². The maximum absolute atomic E-state index is 13.3. The number of nitrogens with one attached hydrogen (secondary N) is 2. The minimum atomic E-state index is -3.81. The average Bonchev–Trinajstić information content (AvgIpc) is 3.30. The van der Waals surface area contributed by atoms with Gasteiger partial charge in [-0.2, -0.15) is 0 Å². The summed E-state index contributed by atoms with van der Waals surface area (Å²) in [5.74, 6) is 0.809. The van der Waals surface area contributed by atoms with Crippen LogP contribution in [-0.4, -0.2) is 15.5 Å². The van der Waals surface area contributed by atoms with Crippen molar-refractivity contribution in [3.05, 3.63) is 93.5 Å². The highest BCUT2D eigenvalue weighted by atomic mass is 35.5. The molecule has 0 radical (unpaired) electrons. The predicted octanol–water partition coefficient (Wildman–Crippen LogP) is 6.94. The van der Waals surface area contributed by atoms with Gasteiger partial charge in [-0.05, 0) is 78.4 Å². The Morgan fingerprint density at radius 3 is 2.62 bits per heavy atom. The van der Waals surface area contributed by atoms with Crippen molar-refractivity contribution < 1.29 is 13.2 Å². The van der Waals surface area contributed by atoms with Gasteiger partial charge in [0.1, 0.15) is 5.75 Å². The van der Waals surface area contributed by atoms with E-state index in [-0.39, 0.29) is 22.8 Å². The van der Waals surface area contributed by atoms with Crippen molar-refractivity contribution in [1.82, 2.24) is 0 Å². The molecule has 0 aromatic heterocycles. The second-order valence-electron chi connectivity index (χ2n) is 8.71. The van der Waals surface area contributed by atoms with Crippen LogP contribution in [0.4, 0.5) is 11.4 Å². The van der Waals surface area contributed by atoms with E-state index in [1.807, 2.05) is 37.3 Å². The zero-order valence-corrected chi connectivity index (χ0v) is 21.0. The maximum Gasteiger partial charge on any atom is 0.262 e. The predicted molar refractivity (Wildman–Crippen MR) is 138 cm³/mol. The van der Waals surface area contributed by atoms with Crippen molar-refractivity contribution in [2.24, 2.45) is 5.92 Å². The van der Waals surface area contributed by atoms with E-state index < -0.39 is 10.0 Å². The molecule has 5 rings (SSSR count). The molecule has 34 heavy (non-hydrogen) atoms. The Labute approximate surface area is 209 Å². The van der Waals surface area contributed by atoms with Gasteiger partial charge in [-0.3, -0.25) is 4.72 Å². The van der Waals surface area contributed by atoms with Crippen LogP contribution in [0.1, 0.15) is 35.1 Å². The maximum atomic E-state index is 13.3. The number of fused-ring (bicyclic) bond motifs is 3. The molecule has 2 aliphatic rings. The van der Waals surface area contributed by atoms with Gasteiger partial charge in [0, 0.05) is 11.6 Å². The monoisotopic (exact) mass is 514 g/mol. The molecule has 1 aliphatic carbocycles. The number of rotatable bonds is 5. The van der Waals surface area contributed by atoms with E-state index in [2.05, 4.69) is 22.2 Å². The largest absolute Gasteiger partial charge is 0.495 e. The number of benzene rings is 3. The van der Waals surface area contributed by atoms with Crippen molar-refractivity contribution in [1.29, 1.82) is 0 Å². The molecular formula is C26H24Cl2N2O3S. The number of sulfonamides is 1. The first-order valence-electron chi connectivity index (χ1n) is 11.0. The van der Waals surface area contributed by atoms with E-state index in [1.54, 1.807) is 24.3 Å². The SMILES string of the molecule is COc1ccc(C)cc1NS(=O)(=O)c1ccc2c(c1)[C@H]1C=CC[C@H]1[C@@H](c1ccc(Cl)c(Cl)c1)N2. The zero-order chi connectivity index (χ0) is 24.0. The molecule has 2 N–H and O–H groups in total. The molecule has 0 unspecified atom stereocenters. The molecule has 3 atom stereocenters. The number of anilines is 2. The van der Waals surface area contributed by atoms with Crippen LogP contribution in [0.5, 0.6) is 5.75 Å². The van der Waals surface area contributed by atoms with Gasteiger partial charge in [0.05, 0.1) is 33.8 Å². The van der Waals surface area contributed by atoms with Gasteiger partial charge in [0.2, 0.25) is 0 Å². The summed E-state index contributed by atoms with van der Waals surface area (Å²) < 4.78 is 34.6. The molecule has 3 aromatic rings. The smallest absolute Gasteiger partial charge is 0.262 e. The topological polar surface area (TPSA) is 67.4 Å². The summed E-state index contributed by atoms with van der Waals surface area (Å²) in [6, 6.07) is 16.4. The van der Waals surface area contributed by atoms with Crippen molar-refractivity contribution in [2.75, 3.05) is 17.1 Å². The van der Waals surface area contributed by atoms with Crippen LogP contribution in [0.15, 0.2) is 71.6 Å². The highest BCUT2D eigenvalue weighted by Crippen LogP contribution is 2.50. The lowest BCUT2D eigenvalue weighted by Gasteiger charge is -2.37. The molecule has 8 heteroatoms. The lowest BCUT2D eigenvalue weighted by atomic mass is 9.77. The van der Waals surface area contributed by atoms with Crippen molar-refractivity contribution in [2.45, 2.75) is 30.2 Å². The molecule has 5 nitrogen and oxygen atoms in total. The number of allylic oxidation sites excluding steroid dienone is 2. The number of methoxy groups -OCH3 is 1. The summed E-state index contributed by atoms with van der Waals surface area (Å²) >= 11 is 12.4. The van der Waals surface area contributed by atoms with Gasteiger partial charge in [0.15, 0.2) is 0 Å². The molecule has 0 amide bonds. The molecule has 1 aliphatic heterocycles. The molecule has 0 spiro atoms. The first-order valence-corrected chi connectivity index (χ1v) is 13.2. The second-order valence-corrected chi connectivity index (χ2v) is 11.2. The number of halogens is 2. The molecule has 0 saturated carbocycles. The summed E-state index contributed by atoms with van der Waals surface area (Å²) in [6.07, 6.45) is 5.22. The number of aryl methyl sites for hydroxylation is 1. The summed E-state index contributed by atoms with van der Waals surface area (Å²) in [4.78, 5) is 0.212. The third-order valence-corrected chi connectivity index (χ3v) is 8.65. The number of hydrogen-bond acceptors (Lipinski definition) is 4. The Hall–Kier alpha value is -2.67. The van der Waals surface area contributed by atoms with Gasteiger partial charge in [-0.15, -0.1) is 0 Å². The molecule has 1 heterocycles. The Balaban J connectivity index is 1.50. The van der Waals surface area contributed by atoms with E-state index in [1.165, 1.54) is 7.11 Å². The van der Waals surface area contributed by atoms with Crippen LogP contribution >= 0.6 is 23.2 Å². The molecule has 0 fully saturated rings. The zero-order valence-electron chi connectivity index (χ0n) is 18.7. The Morgan fingerprint density at radius 1 is 1.03 bits per heavy atom. The Morgan fingerprint density at radius 2 is 1.85 bits per heavy atom. The highest BCUT2D eigenvalue weighted by molar-refractivity contribution is 7.92. The summed E-state index contributed by atoms with van der Waals surface area (Å²) in [5.41, 5.74) is 4.28. The fourth-order valence-corrected chi connectivity index (χ4v) is 6.28. The summed E-state index contributed by atoms with van der Waals surface area (Å²) in [6.45, 7) is 1.90. The third kappa shape index (κ3) is 4.15. The van der Waals surface area contributed by atoms with Gasteiger partial charge >= 0.3 is 0 Å². The second kappa shape index (κ2) is 8.84. The number of ether oxygens (including phenoxy) is 1. The first-order chi connectivity index (χ1) is 16.3. The van der Waals surface area contributed by atoms with Crippen molar-refractivity contribution >= 4 is 44.6 Å². The van der Waals surface area contributed by atoms with Crippen molar-refractivity contribution in [3.63, 3.8) is 0 Å². The fraction of sp³-hybridized carbons (Fsp3) is 0.231. The van der Waals surface area contributed by atoms with E-state index in [9.17, 15) is 8.42 Å². The molecule has 176 valence electrons. The molecular weight excluding hydrogens is 491 g/mol. The van der Waals surface area contributed by atoms with Crippen LogP contribution in [-0.2, 0) is 10.0 Å². The van der Waals surface area contributed by atoms with Crippen LogP contribution < -0.4 is 14.8 Å². The Bertz CT molecular complexity index is 1410. The molecule has 0 bridgehead atoms. The normalized spacial score (nSPS) is 20.9. The van der Waals surface area contributed by atoms with E-state index in [0.717, 1.165) is 28.8 Å². The van der Waals surface area contributed by atoms with E-state index in [4.69, 9.17) is 27.9 Å². The van der Waals surface area contributed by atoms with Gasteiger partial charge in [-0.25, -0.2) is 8.42 Å². The fourth-order valence-electron chi connectivity index (χ4n) is 4.88. The average molecular weight is 515 g/mol. The lowest BCUT2D eigenvalue weighted by Crippen LogP contribution is -2.29. The third-order valence-electron chi connectivity index (χ3n) is 6.55. The van der Waals surface area contributed by atoms with Gasteiger partial charge in [-0.1, -0.05) is 47.5 Å². The summed E-state index contributed by atoms with van der Waals surface area (Å²) in [7, 11) is -2.30.